The molecule has 0 saturated carbocycles. The summed E-state index contributed by atoms with van der Waals surface area (Å²) in [5, 5.41) is 3.00. The van der Waals surface area contributed by atoms with Gasteiger partial charge in [0, 0.05) is 41.7 Å². The minimum absolute atomic E-state index is 0.109. The summed E-state index contributed by atoms with van der Waals surface area (Å²) < 4.78 is 40.2. The molecule has 1 aromatic carbocycles. The third-order valence-electron chi connectivity index (χ3n) is 8.35. The number of benzene rings is 1. The summed E-state index contributed by atoms with van der Waals surface area (Å²) in [6, 6.07) is 6.58. The molecule has 3 aliphatic rings. The maximum absolute atomic E-state index is 14.2. The number of alkyl halides is 2. The number of hydrogen-bond donors (Lipinski definition) is 3. The van der Waals surface area contributed by atoms with Crippen LogP contribution in [-0.2, 0) is 19.8 Å². The molecule has 0 unspecified atom stereocenters. The monoisotopic (exact) mass is 630 g/mol. The number of carbonyl (C=O) groups is 3. The predicted molar refractivity (Wildman–Crippen MR) is 155 cm³/mol. The Hall–Kier alpha value is -3.51. The number of aromatic nitrogens is 1. The number of carbonyl (C=O) groups excluding carboxylic acids is 3. The number of thiophene rings is 1. The molecule has 3 aliphatic heterocycles. The fourth-order valence-corrected chi connectivity index (χ4v) is 7.40. The van der Waals surface area contributed by atoms with Gasteiger partial charge in [-0.25, -0.2) is 0 Å². The molecule has 2 saturated heterocycles. The molecular formula is C29H29F2N4O6PS. The summed E-state index contributed by atoms with van der Waals surface area (Å²) >= 11 is 1.01. The van der Waals surface area contributed by atoms with Gasteiger partial charge in [-0.05, 0) is 60.9 Å². The molecule has 3 amide bonds. The maximum atomic E-state index is 14.2. The van der Waals surface area contributed by atoms with Gasteiger partial charge in [0.2, 0.25) is 11.8 Å². The number of halogens is 2. The summed E-state index contributed by atoms with van der Waals surface area (Å²) in [5.41, 5.74) is -4.16. The largest absolute Gasteiger partial charge is 0.399 e. The average molecular weight is 631 g/mol. The zero-order valence-electron chi connectivity index (χ0n) is 22.8. The first-order valence-corrected chi connectivity index (χ1v) is 16.3. The number of rotatable bonds is 6. The van der Waals surface area contributed by atoms with Gasteiger partial charge in [-0.1, -0.05) is 24.3 Å². The summed E-state index contributed by atoms with van der Waals surface area (Å²) in [5.74, 6) is -0.826. The van der Waals surface area contributed by atoms with E-state index in [1.54, 1.807) is 22.2 Å². The highest BCUT2D eigenvalue weighted by molar-refractivity contribution is 7.52. The Balaban J connectivity index is 1.17. The second-order valence-corrected chi connectivity index (χ2v) is 13.8. The van der Waals surface area contributed by atoms with Crippen molar-refractivity contribution in [1.82, 2.24) is 20.1 Å². The second-order valence-electron chi connectivity index (χ2n) is 11.1. The molecule has 2 aromatic heterocycles. The van der Waals surface area contributed by atoms with Crippen LogP contribution in [0.15, 0.2) is 60.9 Å². The van der Waals surface area contributed by atoms with Crippen molar-refractivity contribution in [1.29, 1.82) is 0 Å². The number of fused-ring (bicyclic) bond motifs is 2. The molecule has 0 aliphatic carbocycles. The molecule has 3 aromatic rings. The van der Waals surface area contributed by atoms with Gasteiger partial charge < -0.3 is 24.9 Å². The number of amides is 3. The second kappa shape index (κ2) is 11.2. The quantitative estimate of drug-likeness (QED) is 0.277. The number of allylic oxidation sites excluding steroid dienone is 1. The van der Waals surface area contributed by atoms with E-state index in [-0.39, 0.29) is 34.0 Å². The van der Waals surface area contributed by atoms with Crippen LogP contribution in [0.3, 0.4) is 0 Å². The van der Waals surface area contributed by atoms with Gasteiger partial charge in [-0.3, -0.25) is 23.9 Å². The Morgan fingerprint density at radius 1 is 1.12 bits per heavy atom. The number of likely N-dealkylation sites (tertiary alicyclic amines) is 1. The zero-order chi connectivity index (χ0) is 30.5. The van der Waals surface area contributed by atoms with Gasteiger partial charge in [0.1, 0.15) is 12.1 Å². The third-order valence-corrected chi connectivity index (χ3v) is 10.5. The molecule has 2 fully saturated rings. The van der Waals surface area contributed by atoms with Crippen molar-refractivity contribution in [3.63, 3.8) is 0 Å². The topological polar surface area (TPSA) is 140 Å². The van der Waals surface area contributed by atoms with Crippen molar-refractivity contribution in [3.05, 3.63) is 76.9 Å². The number of hydrogen-bond acceptors (Lipinski definition) is 6. The van der Waals surface area contributed by atoms with Crippen LogP contribution in [0.4, 0.5) is 8.78 Å². The summed E-state index contributed by atoms with van der Waals surface area (Å²) in [4.78, 5) is 66.4. The average Bonchev–Trinajstić information content (AvgIpc) is 3.56. The van der Waals surface area contributed by atoms with Crippen LogP contribution in [0.25, 0.3) is 10.1 Å². The normalized spacial score (nSPS) is 23.8. The summed E-state index contributed by atoms with van der Waals surface area (Å²) in [7, 11) is -5.75. The predicted octanol–water partition coefficient (Wildman–Crippen LogP) is 3.96. The van der Waals surface area contributed by atoms with Crippen molar-refractivity contribution in [2.75, 3.05) is 13.1 Å². The van der Waals surface area contributed by atoms with Crippen LogP contribution in [0.1, 0.15) is 52.4 Å². The first-order chi connectivity index (χ1) is 20.4. The highest BCUT2D eigenvalue weighted by Gasteiger charge is 2.50. The Morgan fingerprint density at radius 3 is 2.63 bits per heavy atom. The lowest BCUT2D eigenvalue weighted by Crippen LogP contribution is -2.59. The summed E-state index contributed by atoms with van der Waals surface area (Å²) in [6.45, 7) is 1.11. The molecule has 0 bridgehead atoms. The Kier molecular flexibility index (Phi) is 7.70. The minimum Gasteiger partial charge on any atom is -0.340 e. The van der Waals surface area contributed by atoms with Gasteiger partial charge in [0.05, 0.1) is 10.9 Å². The van der Waals surface area contributed by atoms with Crippen molar-refractivity contribution in [2.45, 2.75) is 55.4 Å². The van der Waals surface area contributed by atoms with Crippen molar-refractivity contribution in [3.8, 4) is 0 Å². The molecule has 3 atom stereocenters. The van der Waals surface area contributed by atoms with Crippen molar-refractivity contribution < 1.29 is 37.5 Å². The SMILES string of the molecule is O=C(N[C@H]1CC/C=C\[C@H]2CC[C@@H](C(=O)N3CC(c4cccnc4)C3)N2C1=O)c1cc2cc(C(F)(F)P(=O)(O)O)ccc2s1. The number of nitrogens with one attached hydrogen (secondary N) is 1. The molecule has 3 N–H and O–H groups in total. The van der Waals surface area contributed by atoms with Crippen molar-refractivity contribution in [2.24, 2.45) is 0 Å². The summed E-state index contributed by atoms with van der Waals surface area (Å²) in [6.07, 6.45) is 9.44. The molecule has 14 heteroatoms. The van der Waals surface area contributed by atoms with E-state index in [2.05, 4.69) is 10.3 Å². The van der Waals surface area contributed by atoms with E-state index in [1.165, 1.54) is 12.1 Å². The Morgan fingerprint density at radius 2 is 1.91 bits per heavy atom. The van der Waals surface area contributed by atoms with Gasteiger partial charge in [0.15, 0.2) is 0 Å². The van der Waals surface area contributed by atoms with Crippen molar-refractivity contribution >= 4 is 46.7 Å². The van der Waals surface area contributed by atoms with Gasteiger partial charge in [-0.15, -0.1) is 11.3 Å². The Labute approximate surface area is 249 Å². The van der Waals surface area contributed by atoms with E-state index in [4.69, 9.17) is 9.79 Å². The molecule has 6 rings (SSSR count). The first kappa shape index (κ1) is 29.6. The van der Waals surface area contributed by atoms with Crippen LogP contribution >= 0.6 is 18.9 Å². The van der Waals surface area contributed by atoms with E-state index in [1.807, 2.05) is 24.3 Å². The number of pyridine rings is 1. The molecule has 43 heavy (non-hydrogen) atoms. The van der Waals surface area contributed by atoms with Crippen LogP contribution in [-0.4, -0.2) is 73.5 Å². The van der Waals surface area contributed by atoms with Crippen LogP contribution in [0, 0.1) is 0 Å². The van der Waals surface area contributed by atoms with Gasteiger partial charge >= 0.3 is 13.3 Å². The van der Waals surface area contributed by atoms with E-state index >= 15 is 0 Å². The fourth-order valence-electron chi connectivity index (χ4n) is 5.98. The van der Waals surface area contributed by atoms with E-state index in [0.717, 1.165) is 29.0 Å². The third kappa shape index (κ3) is 5.50. The van der Waals surface area contributed by atoms with E-state index in [0.29, 0.717) is 43.5 Å². The molecule has 226 valence electrons. The van der Waals surface area contributed by atoms with Crippen LogP contribution in [0.5, 0.6) is 0 Å². The molecule has 10 nitrogen and oxygen atoms in total. The fraction of sp³-hybridized carbons (Fsp3) is 0.379. The lowest BCUT2D eigenvalue weighted by atomic mass is 9.92. The van der Waals surface area contributed by atoms with E-state index in [9.17, 15) is 27.7 Å². The van der Waals surface area contributed by atoms with Crippen LogP contribution < -0.4 is 5.32 Å². The minimum atomic E-state index is -5.75. The molecular weight excluding hydrogens is 601 g/mol. The van der Waals surface area contributed by atoms with Gasteiger partial charge in [-0.2, -0.15) is 8.78 Å². The maximum Gasteiger partial charge on any atom is 0.399 e. The first-order valence-electron chi connectivity index (χ1n) is 13.9. The lowest BCUT2D eigenvalue weighted by molar-refractivity contribution is -0.148. The zero-order valence-corrected chi connectivity index (χ0v) is 24.5. The highest BCUT2D eigenvalue weighted by Crippen LogP contribution is 2.59. The van der Waals surface area contributed by atoms with Gasteiger partial charge in [0.25, 0.3) is 5.91 Å². The van der Waals surface area contributed by atoms with E-state index < -0.39 is 36.8 Å². The molecule has 5 heterocycles. The Bertz CT molecular complexity index is 1650. The standard InChI is InChI=1S/C29H29F2N4O6PS/c30-29(31,42(39,40)41)20-7-10-24-18(12-20)13-25(43-24)26(36)33-22-6-2-1-5-21-8-9-23(35(21)27(22)37)28(38)34-15-19(16-34)17-4-3-11-32-14-17/h1,3-5,7,10-14,19,21-23H,2,6,8-9,15-16H2,(H,33,36)(H2,39,40,41)/b5-1-/t21-,22-,23-/m0/s1. The van der Waals surface area contributed by atoms with Crippen LogP contribution in [0.2, 0.25) is 0 Å². The number of nitrogens with zero attached hydrogens (tertiary/aromatic N) is 3. The molecule has 0 radical (unpaired) electrons. The molecule has 0 spiro atoms. The lowest BCUT2D eigenvalue weighted by Gasteiger charge is -2.43. The highest BCUT2D eigenvalue weighted by atomic mass is 32.1. The smallest absolute Gasteiger partial charge is 0.340 e.